The van der Waals surface area contributed by atoms with Crippen LogP contribution in [0.3, 0.4) is 0 Å². The predicted molar refractivity (Wildman–Crippen MR) is 68.6 cm³/mol. The number of hydrogen-bond donors (Lipinski definition) is 0. The van der Waals surface area contributed by atoms with Crippen molar-refractivity contribution in [1.29, 1.82) is 0 Å². The topological polar surface area (TPSA) is 65.1 Å². The number of likely N-dealkylation sites (N-methyl/N-ethyl adjacent to an activating group) is 1. The van der Waals surface area contributed by atoms with E-state index in [0.29, 0.717) is 23.1 Å². The normalized spacial score (nSPS) is 15.8. The van der Waals surface area contributed by atoms with Crippen molar-refractivity contribution >= 4 is 11.9 Å². The molecule has 0 N–H and O–H groups in total. The zero-order chi connectivity index (χ0) is 14.1. The fourth-order valence-electron chi connectivity index (χ4n) is 2.00. The summed E-state index contributed by atoms with van der Waals surface area (Å²) in [5.74, 6) is 0.398. The van der Waals surface area contributed by atoms with Crippen molar-refractivity contribution in [1.82, 2.24) is 4.90 Å². The zero-order valence-corrected chi connectivity index (χ0v) is 11.1. The quantitative estimate of drug-likeness (QED) is 0.774. The van der Waals surface area contributed by atoms with E-state index in [1.54, 1.807) is 30.1 Å². The van der Waals surface area contributed by atoms with E-state index in [-0.39, 0.29) is 19.3 Å². The summed E-state index contributed by atoms with van der Waals surface area (Å²) in [6.07, 6.45) is 2.05. The van der Waals surface area contributed by atoms with Crippen LogP contribution in [0.15, 0.2) is 18.2 Å². The highest BCUT2D eigenvalue weighted by Crippen LogP contribution is 2.32. The summed E-state index contributed by atoms with van der Waals surface area (Å²) in [5.41, 5.74) is 0.344. The molecule has 1 aromatic rings. The molecule has 6 heteroatoms. The van der Waals surface area contributed by atoms with E-state index in [1.807, 2.05) is 0 Å². The third kappa shape index (κ3) is 2.54. The maximum atomic E-state index is 11.9. The van der Waals surface area contributed by atoms with Gasteiger partial charge in [0.15, 0.2) is 18.1 Å². The molecule has 0 saturated heterocycles. The first-order valence-electron chi connectivity index (χ1n) is 6.47. The molecule has 2 aliphatic rings. The third-order valence-electron chi connectivity index (χ3n) is 3.42. The van der Waals surface area contributed by atoms with Gasteiger partial charge >= 0.3 is 5.97 Å². The average molecular weight is 277 g/mol. The van der Waals surface area contributed by atoms with Crippen LogP contribution in [0.2, 0.25) is 0 Å². The summed E-state index contributed by atoms with van der Waals surface area (Å²) in [6.45, 7) is -0.0845. The van der Waals surface area contributed by atoms with E-state index in [9.17, 15) is 9.59 Å². The highest BCUT2D eigenvalue weighted by Gasteiger charge is 2.30. The molecular formula is C14H15NO5. The summed E-state index contributed by atoms with van der Waals surface area (Å²) in [6, 6.07) is 5.11. The molecule has 106 valence electrons. The number of rotatable bonds is 4. The monoisotopic (exact) mass is 277 g/mol. The molecule has 6 nitrogen and oxygen atoms in total. The van der Waals surface area contributed by atoms with Gasteiger partial charge in [0.1, 0.15) is 0 Å². The van der Waals surface area contributed by atoms with Gasteiger partial charge in [-0.1, -0.05) is 0 Å². The SMILES string of the molecule is CN(C(=O)COC(=O)c1ccc2c(c1)OCO2)C1CC1. The Bertz CT molecular complexity index is 552. The van der Waals surface area contributed by atoms with Crippen molar-refractivity contribution < 1.29 is 23.8 Å². The number of carbonyl (C=O) groups excluding carboxylic acids is 2. The largest absolute Gasteiger partial charge is 0.454 e. The van der Waals surface area contributed by atoms with Gasteiger partial charge in [0.05, 0.1) is 5.56 Å². The first kappa shape index (κ1) is 12.8. The van der Waals surface area contributed by atoms with Gasteiger partial charge in [-0.05, 0) is 31.0 Å². The van der Waals surface area contributed by atoms with E-state index >= 15 is 0 Å². The van der Waals surface area contributed by atoms with Gasteiger partial charge in [0.2, 0.25) is 6.79 Å². The van der Waals surface area contributed by atoms with E-state index in [4.69, 9.17) is 14.2 Å². The first-order valence-corrected chi connectivity index (χ1v) is 6.47. The standard InChI is InChI=1S/C14H15NO5/c1-15(10-3-4-10)13(16)7-18-14(17)9-2-5-11-12(6-9)20-8-19-11/h2,5-6,10H,3-4,7-8H2,1H3. The smallest absolute Gasteiger partial charge is 0.338 e. The first-order chi connectivity index (χ1) is 9.65. The number of ether oxygens (including phenoxy) is 3. The summed E-state index contributed by atoms with van der Waals surface area (Å²) in [7, 11) is 1.73. The predicted octanol–water partition coefficient (Wildman–Crippen LogP) is 1.19. The van der Waals surface area contributed by atoms with Crippen molar-refractivity contribution in [3.8, 4) is 11.5 Å². The van der Waals surface area contributed by atoms with Gasteiger partial charge < -0.3 is 19.1 Å². The minimum Gasteiger partial charge on any atom is -0.454 e. The van der Waals surface area contributed by atoms with Crippen LogP contribution < -0.4 is 9.47 Å². The van der Waals surface area contributed by atoms with Crippen LogP contribution in [0.5, 0.6) is 11.5 Å². The molecule has 1 aliphatic heterocycles. The molecule has 1 saturated carbocycles. The Morgan fingerprint density at radius 2 is 2.05 bits per heavy atom. The van der Waals surface area contributed by atoms with Gasteiger partial charge in [-0.2, -0.15) is 0 Å². The van der Waals surface area contributed by atoms with Crippen LogP contribution in [0.4, 0.5) is 0 Å². The fraction of sp³-hybridized carbons (Fsp3) is 0.429. The van der Waals surface area contributed by atoms with E-state index in [0.717, 1.165) is 12.8 Å². The van der Waals surface area contributed by atoms with E-state index in [2.05, 4.69) is 0 Å². The molecule has 1 fully saturated rings. The zero-order valence-electron chi connectivity index (χ0n) is 11.1. The average Bonchev–Trinajstić information content (AvgIpc) is 3.20. The molecule has 0 unspecified atom stereocenters. The molecule has 1 aliphatic carbocycles. The lowest BCUT2D eigenvalue weighted by molar-refractivity contribution is -0.133. The van der Waals surface area contributed by atoms with Gasteiger partial charge in [0, 0.05) is 13.1 Å². The number of carbonyl (C=O) groups is 2. The second kappa shape index (κ2) is 5.03. The Balaban J connectivity index is 1.57. The second-order valence-corrected chi connectivity index (χ2v) is 4.88. The molecule has 1 aromatic carbocycles. The van der Waals surface area contributed by atoms with Crippen molar-refractivity contribution in [2.24, 2.45) is 0 Å². The summed E-state index contributed by atoms with van der Waals surface area (Å²) in [5, 5.41) is 0. The lowest BCUT2D eigenvalue weighted by Gasteiger charge is -2.15. The van der Waals surface area contributed by atoms with Crippen LogP contribution in [0.25, 0.3) is 0 Å². The van der Waals surface area contributed by atoms with E-state index < -0.39 is 5.97 Å². The fourth-order valence-corrected chi connectivity index (χ4v) is 2.00. The van der Waals surface area contributed by atoms with Crippen molar-refractivity contribution in [3.63, 3.8) is 0 Å². The summed E-state index contributed by atoms with van der Waals surface area (Å²) >= 11 is 0. The molecule has 1 amide bonds. The van der Waals surface area contributed by atoms with Crippen LogP contribution in [0, 0.1) is 0 Å². The lowest BCUT2D eigenvalue weighted by atomic mass is 10.2. The second-order valence-electron chi connectivity index (χ2n) is 4.88. The molecule has 1 heterocycles. The molecule has 0 spiro atoms. The Morgan fingerprint density at radius 3 is 2.80 bits per heavy atom. The maximum Gasteiger partial charge on any atom is 0.338 e. The number of nitrogens with zero attached hydrogens (tertiary/aromatic N) is 1. The molecule has 0 radical (unpaired) electrons. The Labute approximate surface area is 116 Å². The highest BCUT2D eigenvalue weighted by atomic mass is 16.7. The van der Waals surface area contributed by atoms with Gasteiger partial charge in [0.25, 0.3) is 5.91 Å². The number of fused-ring (bicyclic) bond motifs is 1. The minimum absolute atomic E-state index is 0.151. The summed E-state index contributed by atoms with van der Waals surface area (Å²) < 4.78 is 15.4. The number of benzene rings is 1. The molecule has 3 rings (SSSR count). The van der Waals surface area contributed by atoms with Crippen molar-refractivity contribution in [2.75, 3.05) is 20.4 Å². The number of esters is 1. The van der Waals surface area contributed by atoms with Crippen LogP contribution in [-0.2, 0) is 9.53 Å². The Morgan fingerprint density at radius 1 is 1.30 bits per heavy atom. The van der Waals surface area contributed by atoms with Gasteiger partial charge in [-0.3, -0.25) is 4.79 Å². The van der Waals surface area contributed by atoms with E-state index in [1.165, 1.54) is 0 Å². The lowest BCUT2D eigenvalue weighted by Crippen LogP contribution is -2.32. The Kier molecular flexibility index (Phi) is 3.22. The molecule has 0 bridgehead atoms. The summed E-state index contributed by atoms with van der Waals surface area (Å²) in [4.78, 5) is 25.3. The minimum atomic E-state index is -0.541. The highest BCUT2D eigenvalue weighted by molar-refractivity contribution is 5.92. The molecule has 0 aromatic heterocycles. The van der Waals surface area contributed by atoms with Gasteiger partial charge in [-0.25, -0.2) is 4.79 Å². The molecule has 20 heavy (non-hydrogen) atoms. The number of hydrogen-bond acceptors (Lipinski definition) is 5. The number of amides is 1. The van der Waals surface area contributed by atoms with Crippen LogP contribution in [-0.4, -0.2) is 43.3 Å². The van der Waals surface area contributed by atoms with Crippen LogP contribution >= 0.6 is 0 Å². The third-order valence-corrected chi connectivity index (χ3v) is 3.42. The molecule has 0 atom stereocenters. The van der Waals surface area contributed by atoms with Crippen molar-refractivity contribution in [2.45, 2.75) is 18.9 Å². The van der Waals surface area contributed by atoms with Crippen molar-refractivity contribution in [3.05, 3.63) is 23.8 Å². The van der Waals surface area contributed by atoms with Crippen LogP contribution in [0.1, 0.15) is 23.2 Å². The maximum absolute atomic E-state index is 11.9. The molecular weight excluding hydrogens is 262 g/mol. The Hall–Kier alpha value is -2.24. The van der Waals surface area contributed by atoms with Gasteiger partial charge in [-0.15, -0.1) is 0 Å².